The van der Waals surface area contributed by atoms with Crippen LogP contribution >= 0.6 is 11.3 Å². The Morgan fingerprint density at radius 2 is 2.29 bits per heavy atom. The molecule has 4 heteroatoms. The van der Waals surface area contributed by atoms with Gasteiger partial charge in [-0.1, -0.05) is 0 Å². The molecule has 1 atom stereocenters. The minimum Gasteiger partial charge on any atom is -0.391 e. The Hall–Kier alpha value is -0.610. The summed E-state index contributed by atoms with van der Waals surface area (Å²) in [7, 11) is 0. The van der Waals surface area contributed by atoms with E-state index in [1.807, 2.05) is 6.92 Å². The number of rotatable bonds is 4. The summed E-state index contributed by atoms with van der Waals surface area (Å²) in [5, 5.41) is 13.8. The van der Waals surface area contributed by atoms with E-state index in [0.717, 1.165) is 10.8 Å². The average Bonchev–Trinajstić information content (AvgIpc) is 2.92. The highest BCUT2D eigenvalue weighted by Gasteiger charge is 2.29. The van der Waals surface area contributed by atoms with Crippen molar-refractivity contribution in [1.29, 1.82) is 0 Å². The van der Waals surface area contributed by atoms with Crippen molar-refractivity contribution < 1.29 is 5.11 Å². The smallest absolute Gasteiger partial charge is 0.183 e. The summed E-state index contributed by atoms with van der Waals surface area (Å²) in [6.45, 7) is 4.71. The third-order valence-electron chi connectivity index (χ3n) is 2.66. The van der Waals surface area contributed by atoms with Crippen LogP contribution in [-0.4, -0.2) is 22.7 Å². The molecule has 14 heavy (non-hydrogen) atoms. The van der Waals surface area contributed by atoms with E-state index in [1.165, 1.54) is 17.7 Å². The molecule has 1 heterocycles. The second kappa shape index (κ2) is 3.87. The van der Waals surface area contributed by atoms with Gasteiger partial charge < -0.3 is 10.4 Å². The van der Waals surface area contributed by atoms with Crippen molar-refractivity contribution in [1.82, 2.24) is 4.98 Å². The van der Waals surface area contributed by atoms with Gasteiger partial charge in [0.1, 0.15) is 0 Å². The largest absolute Gasteiger partial charge is 0.391 e. The molecule has 2 N–H and O–H groups in total. The Bertz CT molecular complexity index is 300. The standard InChI is InChI=1S/C10H16N2OS/c1-6-7(2)14-10(12-6)11-5-9(13)8-3-4-8/h8-9,13H,3-5H2,1-2H3,(H,11,12). The molecule has 3 nitrogen and oxygen atoms in total. The van der Waals surface area contributed by atoms with Crippen molar-refractivity contribution in [2.75, 3.05) is 11.9 Å². The molecule has 0 saturated heterocycles. The number of aliphatic hydroxyl groups excluding tert-OH is 1. The van der Waals surface area contributed by atoms with Crippen LogP contribution in [-0.2, 0) is 0 Å². The van der Waals surface area contributed by atoms with Gasteiger partial charge in [0.05, 0.1) is 11.8 Å². The second-order valence-electron chi connectivity index (χ2n) is 3.95. The van der Waals surface area contributed by atoms with Gasteiger partial charge in [-0.2, -0.15) is 0 Å². The minimum absolute atomic E-state index is 0.195. The maximum atomic E-state index is 9.64. The summed E-state index contributed by atoms with van der Waals surface area (Å²) in [5.41, 5.74) is 1.08. The van der Waals surface area contributed by atoms with Crippen molar-refractivity contribution in [3.63, 3.8) is 0 Å². The molecule has 1 aromatic rings. The predicted molar refractivity (Wildman–Crippen MR) is 58.8 cm³/mol. The van der Waals surface area contributed by atoms with Gasteiger partial charge >= 0.3 is 0 Å². The van der Waals surface area contributed by atoms with Gasteiger partial charge in [0, 0.05) is 11.4 Å². The predicted octanol–water partition coefficient (Wildman–Crippen LogP) is 1.94. The van der Waals surface area contributed by atoms with E-state index in [9.17, 15) is 5.11 Å². The number of aliphatic hydroxyl groups is 1. The van der Waals surface area contributed by atoms with Crippen molar-refractivity contribution in [3.8, 4) is 0 Å². The fraction of sp³-hybridized carbons (Fsp3) is 0.700. The third-order valence-corrected chi connectivity index (χ3v) is 3.69. The SMILES string of the molecule is Cc1nc(NCC(O)C2CC2)sc1C. The lowest BCUT2D eigenvalue weighted by molar-refractivity contribution is 0.164. The van der Waals surface area contributed by atoms with Crippen LogP contribution < -0.4 is 5.32 Å². The molecule has 1 fully saturated rings. The molecule has 1 aliphatic carbocycles. The average molecular weight is 212 g/mol. The maximum absolute atomic E-state index is 9.64. The van der Waals surface area contributed by atoms with Crippen LogP contribution in [0.5, 0.6) is 0 Å². The van der Waals surface area contributed by atoms with Gasteiger partial charge in [0.2, 0.25) is 0 Å². The Morgan fingerprint density at radius 1 is 1.57 bits per heavy atom. The van der Waals surface area contributed by atoms with E-state index in [0.29, 0.717) is 12.5 Å². The zero-order valence-corrected chi connectivity index (χ0v) is 9.40. The molecule has 0 amide bonds. The molecule has 0 bridgehead atoms. The lowest BCUT2D eigenvalue weighted by atomic mass is 10.2. The first-order valence-electron chi connectivity index (χ1n) is 5.03. The fourth-order valence-corrected chi connectivity index (χ4v) is 2.21. The van der Waals surface area contributed by atoms with Gasteiger partial charge in [0.15, 0.2) is 5.13 Å². The number of aromatic nitrogens is 1. The van der Waals surface area contributed by atoms with Crippen molar-refractivity contribution in [2.24, 2.45) is 5.92 Å². The van der Waals surface area contributed by atoms with Gasteiger partial charge in [0.25, 0.3) is 0 Å². The van der Waals surface area contributed by atoms with E-state index in [2.05, 4.69) is 17.2 Å². The summed E-state index contributed by atoms with van der Waals surface area (Å²) in [5.74, 6) is 0.532. The molecule has 78 valence electrons. The van der Waals surface area contributed by atoms with Crippen LogP contribution in [0.1, 0.15) is 23.4 Å². The lowest BCUT2D eigenvalue weighted by Gasteiger charge is -2.08. The number of nitrogens with one attached hydrogen (secondary N) is 1. The van der Waals surface area contributed by atoms with E-state index in [4.69, 9.17) is 0 Å². The Kier molecular flexibility index (Phi) is 2.74. The van der Waals surface area contributed by atoms with Crippen LogP contribution in [0.3, 0.4) is 0 Å². The Labute approximate surface area is 88.2 Å². The Morgan fingerprint density at radius 3 is 2.79 bits per heavy atom. The first kappa shape index (κ1) is 9.93. The molecule has 0 aromatic carbocycles. The van der Waals surface area contributed by atoms with Crippen LogP contribution in [0, 0.1) is 19.8 Å². The molecule has 0 aliphatic heterocycles. The molecule has 1 aromatic heterocycles. The summed E-state index contributed by atoms with van der Waals surface area (Å²) in [6, 6.07) is 0. The van der Waals surface area contributed by atoms with Gasteiger partial charge in [-0.3, -0.25) is 0 Å². The number of nitrogens with zero attached hydrogens (tertiary/aromatic N) is 1. The number of aryl methyl sites for hydroxylation is 2. The summed E-state index contributed by atoms with van der Waals surface area (Å²) in [6.07, 6.45) is 2.16. The topological polar surface area (TPSA) is 45.2 Å². The molecule has 0 spiro atoms. The molecule has 1 aliphatic rings. The molecule has 1 unspecified atom stereocenters. The van der Waals surface area contributed by atoms with Crippen LogP contribution in [0.15, 0.2) is 0 Å². The van der Waals surface area contributed by atoms with E-state index < -0.39 is 0 Å². The van der Waals surface area contributed by atoms with E-state index in [-0.39, 0.29) is 6.10 Å². The third kappa shape index (κ3) is 2.25. The number of thiazole rings is 1. The van der Waals surface area contributed by atoms with Crippen molar-refractivity contribution >= 4 is 16.5 Å². The summed E-state index contributed by atoms with van der Waals surface area (Å²) < 4.78 is 0. The maximum Gasteiger partial charge on any atom is 0.183 e. The normalized spacial score (nSPS) is 18.2. The summed E-state index contributed by atoms with van der Waals surface area (Å²) >= 11 is 1.66. The first-order chi connectivity index (χ1) is 6.66. The summed E-state index contributed by atoms with van der Waals surface area (Å²) in [4.78, 5) is 5.60. The molecule has 0 radical (unpaired) electrons. The van der Waals surface area contributed by atoms with Gasteiger partial charge in [-0.05, 0) is 32.6 Å². The monoisotopic (exact) mass is 212 g/mol. The number of hydrogen-bond acceptors (Lipinski definition) is 4. The zero-order valence-electron chi connectivity index (χ0n) is 8.58. The highest BCUT2D eigenvalue weighted by atomic mass is 32.1. The highest BCUT2D eigenvalue weighted by molar-refractivity contribution is 7.15. The number of hydrogen-bond donors (Lipinski definition) is 2. The van der Waals surface area contributed by atoms with Crippen LogP contribution in [0.2, 0.25) is 0 Å². The van der Waals surface area contributed by atoms with Gasteiger partial charge in [-0.25, -0.2) is 4.98 Å². The molecule has 2 rings (SSSR count). The first-order valence-corrected chi connectivity index (χ1v) is 5.84. The molecular weight excluding hydrogens is 196 g/mol. The lowest BCUT2D eigenvalue weighted by Crippen LogP contribution is -2.21. The second-order valence-corrected chi connectivity index (χ2v) is 5.15. The van der Waals surface area contributed by atoms with E-state index >= 15 is 0 Å². The van der Waals surface area contributed by atoms with E-state index in [1.54, 1.807) is 11.3 Å². The quantitative estimate of drug-likeness (QED) is 0.801. The highest BCUT2D eigenvalue weighted by Crippen LogP contribution is 2.32. The van der Waals surface area contributed by atoms with Crippen molar-refractivity contribution in [2.45, 2.75) is 32.8 Å². The van der Waals surface area contributed by atoms with Crippen LogP contribution in [0.25, 0.3) is 0 Å². The molecular formula is C10H16N2OS. The minimum atomic E-state index is -0.195. The van der Waals surface area contributed by atoms with Crippen molar-refractivity contribution in [3.05, 3.63) is 10.6 Å². The number of anilines is 1. The fourth-order valence-electron chi connectivity index (χ4n) is 1.39. The zero-order chi connectivity index (χ0) is 10.1. The van der Waals surface area contributed by atoms with Gasteiger partial charge in [-0.15, -0.1) is 11.3 Å². The molecule has 1 saturated carbocycles. The Balaban J connectivity index is 1.84. The van der Waals surface area contributed by atoms with Crippen LogP contribution in [0.4, 0.5) is 5.13 Å².